The molecule has 0 unspecified atom stereocenters. The summed E-state index contributed by atoms with van der Waals surface area (Å²) in [5.41, 5.74) is 2.95. The molecule has 14 heteroatoms. The summed E-state index contributed by atoms with van der Waals surface area (Å²) < 4.78 is 54.0. The van der Waals surface area contributed by atoms with Crippen LogP contribution in [-0.4, -0.2) is 27.3 Å². The number of benzene rings is 4. The average Bonchev–Trinajstić information content (AvgIpc) is 2.99. The maximum atomic E-state index is 13.2. The van der Waals surface area contributed by atoms with Crippen molar-refractivity contribution < 1.29 is 26.4 Å². The van der Waals surface area contributed by atoms with Crippen molar-refractivity contribution in [2.75, 3.05) is 8.61 Å². The molecule has 0 aliphatic heterocycles. The van der Waals surface area contributed by atoms with E-state index in [-0.39, 0.29) is 22.9 Å². The van der Waals surface area contributed by atoms with Crippen molar-refractivity contribution in [2.45, 2.75) is 17.9 Å². The van der Waals surface area contributed by atoms with Crippen LogP contribution in [0, 0.1) is 0 Å². The van der Waals surface area contributed by atoms with Crippen molar-refractivity contribution in [1.82, 2.24) is 0 Å². The first-order valence-corrected chi connectivity index (χ1v) is 17.6. The quantitative estimate of drug-likeness (QED) is 0.211. The Bertz CT molecular complexity index is 1640. The lowest BCUT2D eigenvalue weighted by atomic mass is 10.0. The van der Waals surface area contributed by atoms with Gasteiger partial charge in [-0.25, -0.2) is 16.8 Å². The largest absolute Gasteiger partial charge is 0.314 e. The second-order valence-electron chi connectivity index (χ2n) is 9.29. The number of amides is 2. The molecule has 4 N–H and O–H groups in total. The molecule has 4 rings (SSSR count). The highest BCUT2D eigenvalue weighted by Crippen LogP contribution is 2.27. The van der Waals surface area contributed by atoms with Crippen LogP contribution in [0.4, 0.5) is 21.0 Å². The molecule has 0 saturated heterocycles. The second-order valence-corrected chi connectivity index (χ2v) is 14.1. The van der Waals surface area contributed by atoms with E-state index >= 15 is 0 Å². The summed E-state index contributed by atoms with van der Waals surface area (Å²) in [5.74, 6) is -0.755. The van der Waals surface area contributed by atoms with Gasteiger partial charge < -0.3 is 0 Å². The summed E-state index contributed by atoms with van der Waals surface area (Å²) in [4.78, 5) is 25.1. The molecule has 2 amide bonds. The van der Waals surface area contributed by atoms with Gasteiger partial charge >= 0.3 is 10.5 Å². The van der Waals surface area contributed by atoms with Gasteiger partial charge in [0, 0.05) is 23.9 Å². The van der Waals surface area contributed by atoms with Crippen LogP contribution >= 0.6 is 23.9 Å². The minimum atomic E-state index is -4.07. The summed E-state index contributed by atoms with van der Waals surface area (Å²) in [5, 5.41) is 9.22. The van der Waals surface area contributed by atoms with Gasteiger partial charge in [-0.05, 0) is 52.9 Å². The van der Waals surface area contributed by atoms with Crippen molar-refractivity contribution in [2.24, 2.45) is 10.3 Å². The lowest BCUT2D eigenvalue weighted by Crippen LogP contribution is -2.36. The Kier molecular flexibility index (Phi) is 10.7. The Morgan fingerprint density at radius 1 is 0.512 bits per heavy atom. The van der Waals surface area contributed by atoms with E-state index in [2.05, 4.69) is 0 Å². The zero-order valence-electron chi connectivity index (χ0n) is 22.6. The molecule has 0 aliphatic rings. The molecule has 0 aromatic heterocycles. The number of nitrogens with zero attached hydrogens (tertiary/aromatic N) is 2. The smallest absolute Gasteiger partial charge is 0.270 e. The Labute approximate surface area is 259 Å². The average molecular weight is 657 g/mol. The molecular weight excluding hydrogens is 629 g/mol. The van der Waals surface area contributed by atoms with Crippen LogP contribution < -0.4 is 18.9 Å². The highest BCUT2D eigenvalue weighted by atomic mass is 32.2. The lowest BCUT2D eigenvalue weighted by molar-refractivity contribution is 0.266. The number of nitrogens with two attached hydrogens (primary N) is 2. The van der Waals surface area contributed by atoms with Crippen molar-refractivity contribution in [3.63, 3.8) is 0 Å². The van der Waals surface area contributed by atoms with Gasteiger partial charge in [-0.2, -0.15) is 8.61 Å². The summed E-state index contributed by atoms with van der Waals surface area (Å²) in [7, 11) is -8.15. The Balaban J connectivity index is 1.52. The van der Waals surface area contributed by atoms with Gasteiger partial charge in [0.2, 0.25) is 20.0 Å². The standard InChI is InChI=1S/C29H28N4O6S4/c30-40-28(34)32(42(36,37)20-24-7-3-1-4-8-24)26-15-11-22(12-16-26)19-23-13-17-27(18-14-23)33(29(35)41-31)43(38,39)21-25-9-5-2-6-10-25/h1-18H,19-21,30-31H2. The zero-order chi connectivity index (χ0) is 31.0. The van der Waals surface area contributed by atoms with Crippen LogP contribution in [0.2, 0.25) is 0 Å². The summed E-state index contributed by atoms with van der Waals surface area (Å²) >= 11 is 0.618. The van der Waals surface area contributed by atoms with Crippen LogP contribution in [0.3, 0.4) is 0 Å². The fraction of sp³-hybridized carbons (Fsp3) is 0.103. The van der Waals surface area contributed by atoms with E-state index in [0.717, 1.165) is 11.1 Å². The third-order valence-electron chi connectivity index (χ3n) is 6.22. The fourth-order valence-corrected chi connectivity index (χ4v) is 8.46. The molecule has 0 bridgehead atoms. The normalized spacial score (nSPS) is 11.6. The minimum absolute atomic E-state index is 0.148. The van der Waals surface area contributed by atoms with Gasteiger partial charge in [0.05, 0.1) is 22.9 Å². The topological polar surface area (TPSA) is 161 Å². The highest BCUT2D eigenvalue weighted by molar-refractivity contribution is 8.14. The molecule has 0 atom stereocenters. The van der Waals surface area contributed by atoms with E-state index in [4.69, 9.17) is 10.3 Å². The van der Waals surface area contributed by atoms with E-state index in [9.17, 15) is 26.4 Å². The van der Waals surface area contributed by atoms with Gasteiger partial charge in [-0.3, -0.25) is 19.9 Å². The molecule has 0 saturated carbocycles. The predicted octanol–water partition coefficient (Wildman–Crippen LogP) is 5.40. The summed E-state index contributed by atoms with van der Waals surface area (Å²) in [6.45, 7) is 0. The van der Waals surface area contributed by atoms with Crippen molar-refractivity contribution >= 4 is 65.8 Å². The van der Waals surface area contributed by atoms with Gasteiger partial charge in [0.15, 0.2) is 0 Å². The van der Waals surface area contributed by atoms with E-state index in [0.29, 0.717) is 50.1 Å². The first-order chi connectivity index (χ1) is 20.5. The predicted molar refractivity (Wildman–Crippen MR) is 173 cm³/mol. The SMILES string of the molecule is NSC(=O)N(c1ccc(Cc2ccc(N(C(=O)SN)S(=O)(=O)Cc3ccccc3)cc2)cc1)S(=O)(=O)Cc1ccccc1. The molecule has 10 nitrogen and oxygen atoms in total. The Hall–Kier alpha value is -3.66. The number of hydrogen-bond acceptors (Lipinski definition) is 10. The van der Waals surface area contributed by atoms with Gasteiger partial charge in [0.1, 0.15) is 0 Å². The highest BCUT2D eigenvalue weighted by Gasteiger charge is 2.30. The number of carbonyl (C=O) groups is 2. The second kappa shape index (κ2) is 14.2. The molecule has 43 heavy (non-hydrogen) atoms. The van der Waals surface area contributed by atoms with Crippen LogP contribution in [0.15, 0.2) is 109 Å². The van der Waals surface area contributed by atoms with Crippen LogP contribution in [0.25, 0.3) is 0 Å². The third-order valence-corrected chi connectivity index (χ3v) is 10.5. The Morgan fingerprint density at radius 3 is 1.14 bits per heavy atom. The van der Waals surface area contributed by atoms with Crippen molar-refractivity contribution in [1.29, 1.82) is 0 Å². The molecule has 0 fully saturated rings. The molecule has 4 aromatic rings. The molecular formula is C29H28N4O6S4. The molecule has 0 radical (unpaired) electrons. The third kappa shape index (κ3) is 8.25. The molecule has 0 spiro atoms. The molecule has 0 heterocycles. The number of carbonyl (C=O) groups excluding carboxylic acids is 2. The van der Waals surface area contributed by atoms with Gasteiger partial charge in [-0.1, -0.05) is 84.9 Å². The molecule has 4 aromatic carbocycles. The minimum Gasteiger partial charge on any atom is -0.270 e. The maximum Gasteiger partial charge on any atom is 0.314 e. The van der Waals surface area contributed by atoms with Gasteiger partial charge in [-0.15, -0.1) is 0 Å². The van der Waals surface area contributed by atoms with Crippen LogP contribution in [0.5, 0.6) is 0 Å². The first-order valence-electron chi connectivity index (χ1n) is 12.7. The number of anilines is 2. The van der Waals surface area contributed by atoms with Crippen molar-refractivity contribution in [3.05, 3.63) is 131 Å². The van der Waals surface area contributed by atoms with Gasteiger partial charge in [0.25, 0.3) is 0 Å². The summed E-state index contributed by atoms with van der Waals surface area (Å²) in [6.07, 6.45) is 0.410. The fourth-order valence-electron chi connectivity index (χ4n) is 4.29. The lowest BCUT2D eigenvalue weighted by Gasteiger charge is -2.22. The van der Waals surface area contributed by atoms with E-state index in [1.807, 2.05) is 0 Å². The molecule has 224 valence electrons. The number of rotatable bonds is 10. The van der Waals surface area contributed by atoms with E-state index in [1.54, 1.807) is 84.9 Å². The number of hydrogen-bond donors (Lipinski definition) is 2. The monoisotopic (exact) mass is 656 g/mol. The summed E-state index contributed by atoms with van der Waals surface area (Å²) in [6, 6.07) is 29.9. The number of sulfonamides is 2. The maximum absolute atomic E-state index is 13.2. The molecule has 0 aliphatic carbocycles. The zero-order valence-corrected chi connectivity index (χ0v) is 25.9. The first kappa shape index (κ1) is 32.3. The van der Waals surface area contributed by atoms with Crippen LogP contribution in [0.1, 0.15) is 22.3 Å². The van der Waals surface area contributed by atoms with Crippen molar-refractivity contribution in [3.8, 4) is 0 Å². The van der Waals surface area contributed by atoms with Crippen LogP contribution in [-0.2, 0) is 38.0 Å². The van der Waals surface area contributed by atoms with E-state index in [1.165, 1.54) is 24.3 Å². The van der Waals surface area contributed by atoms with E-state index < -0.39 is 30.5 Å². The Morgan fingerprint density at radius 2 is 0.837 bits per heavy atom.